The second kappa shape index (κ2) is 7.89. The number of Topliss-reactive ketones (excluding diaryl/α,β-unsaturated/α-hetero) is 2. The van der Waals surface area contributed by atoms with Crippen molar-refractivity contribution in [2.75, 3.05) is 31.6 Å². The summed E-state index contributed by atoms with van der Waals surface area (Å²) < 4.78 is 5.41. The summed E-state index contributed by atoms with van der Waals surface area (Å²) >= 11 is 0. The van der Waals surface area contributed by atoms with Gasteiger partial charge in [0.1, 0.15) is 11.4 Å². The van der Waals surface area contributed by atoms with Gasteiger partial charge in [-0.1, -0.05) is 41.6 Å². The number of anilines is 1. The van der Waals surface area contributed by atoms with Gasteiger partial charge < -0.3 is 20.2 Å². The average Bonchev–Trinajstić information content (AvgIpc) is 2.78. The third kappa shape index (κ3) is 3.52. The van der Waals surface area contributed by atoms with Crippen LogP contribution in [-0.4, -0.2) is 53.7 Å². The Morgan fingerprint density at radius 2 is 1.62 bits per heavy atom. The number of allylic oxidation sites excluding steroid dienone is 2. The molecule has 0 atom stereocenters. The molecular weight excluding hydrogens is 370 g/mol. The summed E-state index contributed by atoms with van der Waals surface area (Å²) in [7, 11) is 0. The van der Waals surface area contributed by atoms with Gasteiger partial charge in [0.05, 0.1) is 18.9 Å². The van der Waals surface area contributed by atoms with Gasteiger partial charge in [0.15, 0.2) is 0 Å². The fourth-order valence-electron chi connectivity index (χ4n) is 3.56. The van der Waals surface area contributed by atoms with Gasteiger partial charge in [-0.15, -0.1) is 0 Å². The van der Waals surface area contributed by atoms with Gasteiger partial charge in [-0.3, -0.25) is 9.59 Å². The monoisotopic (exact) mass is 391 g/mol. The molecule has 2 aromatic rings. The molecule has 4 rings (SSSR count). The van der Waals surface area contributed by atoms with Crippen molar-refractivity contribution in [2.45, 2.75) is 6.92 Å². The van der Waals surface area contributed by atoms with E-state index in [0.717, 1.165) is 5.56 Å². The molecule has 7 heteroatoms. The van der Waals surface area contributed by atoms with Gasteiger partial charge in [-0.05, 0) is 24.6 Å². The van der Waals surface area contributed by atoms with Gasteiger partial charge in [0.25, 0.3) is 0 Å². The van der Waals surface area contributed by atoms with E-state index in [-0.39, 0.29) is 17.3 Å². The Bertz CT molecular complexity index is 1020. The number of oxime groups is 1. The Hall–Kier alpha value is -3.45. The number of rotatable bonds is 4. The summed E-state index contributed by atoms with van der Waals surface area (Å²) in [6.45, 7) is 3.81. The zero-order valence-corrected chi connectivity index (χ0v) is 16.0. The zero-order chi connectivity index (χ0) is 20.4. The third-order valence-corrected chi connectivity index (χ3v) is 5.14. The van der Waals surface area contributed by atoms with Crippen LogP contribution in [0.15, 0.2) is 65.1 Å². The molecule has 2 N–H and O–H groups in total. The van der Waals surface area contributed by atoms with Crippen LogP contribution >= 0.6 is 0 Å². The highest BCUT2D eigenvalue weighted by Crippen LogP contribution is 2.30. The summed E-state index contributed by atoms with van der Waals surface area (Å²) in [4.78, 5) is 28.4. The molecule has 1 saturated heterocycles. The number of nitrogens with one attached hydrogen (secondary N) is 1. The van der Waals surface area contributed by atoms with Crippen molar-refractivity contribution in [1.29, 1.82) is 0 Å². The number of nitrogens with zero attached hydrogens (tertiary/aromatic N) is 2. The second-order valence-corrected chi connectivity index (χ2v) is 6.91. The first-order chi connectivity index (χ1) is 14.1. The minimum absolute atomic E-state index is 0.163. The lowest BCUT2D eigenvalue weighted by atomic mass is 9.89. The van der Waals surface area contributed by atoms with E-state index in [9.17, 15) is 9.59 Å². The maximum atomic E-state index is 13.3. The molecule has 1 aliphatic carbocycles. The van der Waals surface area contributed by atoms with E-state index in [0.29, 0.717) is 54.5 Å². The number of fused-ring (bicyclic) bond motifs is 1. The molecule has 0 unspecified atom stereocenters. The van der Waals surface area contributed by atoms with E-state index in [1.165, 1.54) is 0 Å². The van der Waals surface area contributed by atoms with Crippen molar-refractivity contribution < 1.29 is 19.5 Å². The lowest BCUT2D eigenvalue weighted by molar-refractivity contribution is 0.0496. The summed E-state index contributed by atoms with van der Waals surface area (Å²) in [5.74, 6) is -0.372. The number of benzene rings is 2. The molecular formula is C22H21N3O4. The summed E-state index contributed by atoms with van der Waals surface area (Å²) in [5.41, 5.74) is 3.40. The van der Waals surface area contributed by atoms with Crippen LogP contribution in [0.25, 0.3) is 0 Å². The number of carbonyl (C=O) groups excluding carboxylic acids is 2. The largest absolute Gasteiger partial charge is 0.411 e. The summed E-state index contributed by atoms with van der Waals surface area (Å²) in [5, 5.41) is 15.3. The van der Waals surface area contributed by atoms with Crippen LogP contribution in [0.3, 0.4) is 0 Å². The van der Waals surface area contributed by atoms with Crippen LogP contribution in [0.4, 0.5) is 5.69 Å². The molecule has 0 bridgehead atoms. The van der Waals surface area contributed by atoms with E-state index in [1.54, 1.807) is 55.5 Å². The van der Waals surface area contributed by atoms with Crippen LogP contribution in [0.2, 0.25) is 0 Å². The molecule has 1 heterocycles. The van der Waals surface area contributed by atoms with Crippen LogP contribution in [0.1, 0.15) is 33.2 Å². The van der Waals surface area contributed by atoms with E-state index in [4.69, 9.17) is 9.94 Å². The van der Waals surface area contributed by atoms with Crippen molar-refractivity contribution in [3.8, 4) is 0 Å². The van der Waals surface area contributed by atoms with Crippen LogP contribution in [0.5, 0.6) is 0 Å². The molecule has 2 aromatic carbocycles. The number of hydrogen-bond donors (Lipinski definition) is 2. The predicted octanol–water partition coefficient (Wildman–Crippen LogP) is 2.92. The van der Waals surface area contributed by atoms with Gasteiger partial charge in [-0.2, -0.15) is 0 Å². The first-order valence-electron chi connectivity index (χ1n) is 9.41. The normalized spacial score (nSPS) is 17.4. The topological polar surface area (TPSA) is 91.2 Å². The molecule has 148 valence electrons. The Balaban J connectivity index is 1.75. The fourth-order valence-corrected chi connectivity index (χ4v) is 3.56. The smallest absolute Gasteiger partial charge is 0.212 e. The fraction of sp³-hybridized carbons (Fsp3) is 0.227. The van der Waals surface area contributed by atoms with Gasteiger partial charge >= 0.3 is 0 Å². The lowest BCUT2D eigenvalue weighted by Crippen LogP contribution is -2.42. The van der Waals surface area contributed by atoms with Gasteiger partial charge in [0.2, 0.25) is 11.6 Å². The maximum Gasteiger partial charge on any atom is 0.212 e. The van der Waals surface area contributed by atoms with Crippen molar-refractivity contribution >= 4 is 23.0 Å². The molecule has 0 saturated carbocycles. The van der Waals surface area contributed by atoms with E-state index < -0.39 is 0 Å². The second-order valence-electron chi connectivity index (χ2n) is 6.91. The molecule has 0 radical (unpaired) electrons. The van der Waals surface area contributed by atoms with Crippen molar-refractivity contribution in [1.82, 2.24) is 4.90 Å². The Kier molecular flexibility index (Phi) is 5.14. The highest BCUT2D eigenvalue weighted by molar-refractivity contribution is 6.27. The number of ketones is 2. The molecule has 0 aromatic heterocycles. The number of carbonyl (C=O) groups is 2. The molecule has 1 aliphatic heterocycles. The quantitative estimate of drug-likeness (QED) is 0.473. The zero-order valence-electron chi connectivity index (χ0n) is 16.0. The van der Waals surface area contributed by atoms with Crippen LogP contribution in [-0.2, 0) is 4.74 Å². The molecule has 2 aliphatic rings. The summed E-state index contributed by atoms with van der Waals surface area (Å²) in [6.07, 6.45) is 0. The molecule has 0 spiro atoms. The third-order valence-electron chi connectivity index (χ3n) is 5.14. The SMILES string of the molecule is C/C(=N\O)c1ccc(NC2=C(N3CCOCC3)C(=O)c3ccccc3C2=O)cc1. The molecule has 1 fully saturated rings. The van der Waals surface area contributed by atoms with Crippen molar-refractivity contribution in [2.24, 2.45) is 5.16 Å². The number of morpholine rings is 1. The lowest BCUT2D eigenvalue weighted by Gasteiger charge is -2.34. The van der Waals surface area contributed by atoms with Gasteiger partial charge in [0, 0.05) is 29.9 Å². The van der Waals surface area contributed by atoms with E-state index in [2.05, 4.69) is 10.5 Å². The van der Waals surface area contributed by atoms with Gasteiger partial charge in [-0.25, -0.2) is 0 Å². The maximum absolute atomic E-state index is 13.3. The Labute approximate surface area is 168 Å². The minimum atomic E-state index is -0.209. The highest BCUT2D eigenvalue weighted by atomic mass is 16.5. The molecule has 7 nitrogen and oxygen atoms in total. The number of hydrogen-bond acceptors (Lipinski definition) is 7. The minimum Gasteiger partial charge on any atom is -0.411 e. The highest BCUT2D eigenvalue weighted by Gasteiger charge is 2.35. The predicted molar refractivity (Wildman–Crippen MR) is 109 cm³/mol. The molecule has 0 amide bonds. The van der Waals surface area contributed by atoms with Crippen molar-refractivity contribution in [3.63, 3.8) is 0 Å². The summed E-state index contributed by atoms with van der Waals surface area (Å²) in [6, 6.07) is 14.0. The van der Waals surface area contributed by atoms with Crippen molar-refractivity contribution in [3.05, 3.63) is 76.6 Å². The standard InChI is InChI=1S/C22H21N3O4/c1-14(24-28)15-6-8-16(9-7-15)23-19-20(25-10-12-29-13-11-25)22(27)18-5-3-2-4-17(18)21(19)26/h2-9,23,28H,10-13H2,1H3/b24-14+. The first kappa shape index (κ1) is 18.9. The van der Waals surface area contributed by atoms with E-state index in [1.807, 2.05) is 4.90 Å². The Morgan fingerprint density at radius 3 is 2.24 bits per heavy atom. The first-order valence-corrected chi connectivity index (χ1v) is 9.41. The Morgan fingerprint density at radius 1 is 1.00 bits per heavy atom. The number of ether oxygens (including phenoxy) is 1. The van der Waals surface area contributed by atoms with Crippen LogP contribution < -0.4 is 5.32 Å². The molecule has 29 heavy (non-hydrogen) atoms. The van der Waals surface area contributed by atoms with E-state index >= 15 is 0 Å². The average molecular weight is 391 g/mol. The van der Waals surface area contributed by atoms with Crippen LogP contribution in [0, 0.1) is 0 Å².